The largest absolute Gasteiger partial charge is 0.387 e. The monoisotopic (exact) mass is 276 g/mol. The number of nitrogens with zero attached hydrogens (tertiary/aromatic N) is 1. The maximum Gasteiger partial charge on any atom is 0.0804 e. The van der Waals surface area contributed by atoms with E-state index in [1.54, 1.807) is 0 Å². The Balaban J connectivity index is 2.12. The number of hydrogen-bond donors (Lipinski definition) is 1. The number of rotatable bonds is 1. The lowest BCUT2D eigenvalue weighted by Gasteiger charge is -2.16. The molecule has 0 bridgehead atoms. The van der Waals surface area contributed by atoms with Crippen LogP contribution in [0.5, 0.6) is 0 Å². The van der Waals surface area contributed by atoms with Gasteiger partial charge in [0.05, 0.1) is 5.52 Å². The second-order valence-corrected chi connectivity index (χ2v) is 5.91. The molecule has 2 aromatic carbocycles. The number of anilines is 1. The van der Waals surface area contributed by atoms with Gasteiger partial charge in [0, 0.05) is 29.2 Å². The van der Waals surface area contributed by atoms with E-state index in [1.165, 1.54) is 52.4 Å². The van der Waals surface area contributed by atoms with Gasteiger partial charge in [-0.2, -0.15) is 0 Å². The predicted octanol–water partition coefficient (Wildman–Crippen LogP) is 4.70. The van der Waals surface area contributed by atoms with Crippen LogP contribution in [0.15, 0.2) is 36.4 Å². The second-order valence-electron chi connectivity index (χ2n) is 5.91. The van der Waals surface area contributed by atoms with E-state index >= 15 is 0 Å². The van der Waals surface area contributed by atoms with Crippen LogP contribution in [0.3, 0.4) is 0 Å². The zero-order chi connectivity index (χ0) is 14.2. The molecule has 2 nitrogen and oxygen atoms in total. The number of hydrogen-bond acceptors (Lipinski definition) is 2. The van der Waals surface area contributed by atoms with Gasteiger partial charge in [0.25, 0.3) is 0 Å². The Morgan fingerprint density at radius 2 is 1.76 bits per heavy atom. The molecule has 0 fully saturated rings. The van der Waals surface area contributed by atoms with Crippen molar-refractivity contribution in [2.75, 3.05) is 12.4 Å². The summed E-state index contributed by atoms with van der Waals surface area (Å²) >= 11 is 0. The lowest BCUT2D eigenvalue weighted by atomic mass is 9.99. The van der Waals surface area contributed by atoms with Crippen molar-refractivity contribution in [1.29, 1.82) is 0 Å². The van der Waals surface area contributed by atoms with Crippen molar-refractivity contribution in [2.24, 2.45) is 0 Å². The molecular weight excluding hydrogens is 256 g/mol. The normalized spacial score (nSPS) is 14.9. The third-order valence-corrected chi connectivity index (χ3v) is 4.66. The number of aryl methyl sites for hydroxylation is 1. The van der Waals surface area contributed by atoms with Crippen molar-refractivity contribution in [3.8, 4) is 0 Å². The van der Waals surface area contributed by atoms with Crippen molar-refractivity contribution in [1.82, 2.24) is 4.98 Å². The van der Waals surface area contributed by atoms with E-state index in [0.29, 0.717) is 0 Å². The maximum absolute atomic E-state index is 5.07. The van der Waals surface area contributed by atoms with Crippen LogP contribution < -0.4 is 5.32 Å². The topological polar surface area (TPSA) is 24.9 Å². The van der Waals surface area contributed by atoms with Crippen LogP contribution >= 0.6 is 0 Å². The Bertz CT molecular complexity index is 821. The molecule has 1 aliphatic carbocycles. The molecule has 0 saturated heterocycles. The van der Waals surface area contributed by atoms with Gasteiger partial charge in [0.1, 0.15) is 0 Å². The number of benzene rings is 2. The number of fused-ring (bicyclic) bond motifs is 4. The maximum atomic E-state index is 5.07. The van der Waals surface area contributed by atoms with Gasteiger partial charge < -0.3 is 5.32 Å². The van der Waals surface area contributed by atoms with E-state index in [-0.39, 0.29) is 0 Å². The van der Waals surface area contributed by atoms with E-state index in [4.69, 9.17) is 4.98 Å². The summed E-state index contributed by atoms with van der Waals surface area (Å²) in [4.78, 5) is 5.07. The zero-order valence-electron chi connectivity index (χ0n) is 12.4. The van der Waals surface area contributed by atoms with Crippen LogP contribution in [0.1, 0.15) is 30.5 Å². The molecule has 0 saturated carbocycles. The molecule has 0 amide bonds. The Morgan fingerprint density at radius 3 is 2.67 bits per heavy atom. The van der Waals surface area contributed by atoms with E-state index in [1.807, 2.05) is 7.05 Å². The third-order valence-electron chi connectivity index (χ3n) is 4.66. The van der Waals surface area contributed by atoms with Crippen molar-refractivity contribution >= 4 is 27.4 Å². The van der Waals surface area contributed by atoms with E-state index < -0.39 is 0 Å². The van der Waals surface area contributed by atoms with Crippen LogP contribution in [0.2, 0.25) is 0 Å². The fourth-order valence-electron chi connectivity index (χ4n) is 3.62. The predicted molar refractivity (Wildman–Crippen MR) is 90.1 cm³/mol. The molecule has 1 aromatic heterocycles. The van der Waals surface area contributed by atoms with E-state index in [0.717, 1.165) is 18.4 Å². The van der Waals surface area contributed by atoms with Crippen molar-refractivity contribution in [2.45, 2.75) is 32.1 Å². The summed E-state index contributed by atoms with van der Waals surface area (Å²) in [5, 5.41) is 7.25. The average Bonchev–Trinajstić information content (AvgIpc) is 2.77. The third kappa shape index (κ3) is 1.98. The summed E-state index contributed by atoms with van der Waals surface area (Å²) < 4.78 is 0. The minimum absolute atomic E-state index is 1.11. The quantitative estimate of drug-likeness (QED) is 0.515. The van der Waals surface area contributed by atoms with Crippen LogP contribution in [0.25, 0.3) is 21.7 Å². The molecule has 0 radical (unpaired) electrons. The first-order valence-electron chi connectivity index (χ1n) is 7.89. The molecule has 21 heavy (non-hydrogen) atoms. The SMILES string of the molecule is CNc1c2c(nc3c1ccc1ccccc13)CCCCC2. The molecule has 0 spiro atoms. The first-order chi connectivity index (χ1) is 10.4. The Hall–Kier alpha value is -2.09. The summed E-state index contributed by atoms with van der Waals surface area (Å²) in [7, 11) is 2.04. The molecule has 3 aromatic rings. The highest BCUT2D eigenvalue weighted by Crippen LogP contribution is 2.35. The van der Waals surface area contributed by atoms with Crippen molar-refractivity contribution in [3.05, 3.63) is 47.7 Å². The molecule has 0 atom stereocenters. The second kappa shape index (κ2) is 5.03. The van der Waals surface area contributed by atoms with Gasteiger partial charge in [-0.15, -0.1) is 0 Å². The zero-order valence-corrected chi connectivity index (χ0v) is 12.4. The summed E-state index contributed by atoms with van der Waals surface area (Å²) in [5.41, 5.74) is 5.19. The van der Waals surface area contributed by atoms with Gasteiger partial charge >= 0.3 is 0 Å². The van der Waals surface area contributed by atoms with Gasteiger partial charge in [-0.1, -0.05) is 42.8 Å². The highest BCUT2D eigenvalue weighted by atomic mass is 14.9. The summed E-state index contributed by atoms with van der Waals surface area (Å²) in [5.74, 6) is 0. The average molecular weight is 276 g/mol. The Morgan fingerprint density at radius 1 is 0.905 bits per heavy atom. The van der Waals surface area contributed by atoms with Crippen LogP contribution in [-0.4, -0.2) is 12.0 Å². The smallest absolute Gasteiger partial charge is 0.0804 e. The Kier molecular flexibility index (Phi) is 3.03. The van der Waals surface area contributed by atoms with Gasteiger partial charge in [0.15, 0.2) is 0 Å². The molecular formula is C19H20N2. The molecule has 0 aliphatic heterocycles. The van der Waals surface area contributed by atoms with Crippen molar-refractivity contribution < 1.29 is 0 Å². The number of pyridine rings is 1. The Labute approximate surface area is 125 Å². The molecule has 1 aliphatic rings. The van der Waals surface area contributed by atoms with E-state index in [9.17, 15) is 0 Å². The van der Waals surface area contributed by atoms with E-state index in [2.05, 4.69) is 41.7 Å². The minimum Gasteiger partial charge on any atom is -0.387 e. The fourth-order valence-corrected chi connectivity index (χ4v) is 3.62. The molecule has 2 heteroatoms. The van der Waals surface area contributed by atoms with Gasteiger partial charge in [0.2, 0.25) is 0 Å². The standard InChI is InChI=1S/C19H20N2/c1-20-18-15-9-3-2-4-10-17(15)21-19-14-8-6-5-7-13(14)11-12-16(18)19/h5-8,11-12H,2-4,9-10H2,1H3,(H,20,21). The van der Waals surface area contributed by atoms with Crippen LogP contribution in [0.4, 0.5) is 5.69 Å². The molecule has 0 unspecified atom stereocenters. The van der Waals surface area contributed by atoms with Crippen LogP contribution in [0, 0.1) is 0 Å². The lowest BCUT2D eigenvalue weighted by molar-refractivity contribution is 0.709. The first-order valence-corrected chi connectivity index (χ1v) is 7.89. The lowest BCUT2D eigenvalue weighted by Crippen LogP contribution is -2.03. The van der Waals surface area contributed by atoms with Gasteiger partial charge in [-0.25, -0.2) is 0 Å². The molecule has 1 N–H and O–H groups in total. The summed E-state index contributed by atoms with van der Waals surface area (Å²) in [6.45, 7) is 0. The first kappa shape index (κ1) is 12.6. The van der Waals surface area contributed by atoms with Gasteiger partial charge in [-0.3, -0.25) is 4.98 Å². The summed E-state index contributed by atoms with van der Waals surface area (Å²) in [6.07, 6.45) is 6.13. The van der Waals surface area contributed by atoms with Crippen molar-refractivity contribution in [3.63, 3.8) is 0 Å². The molecule has 106 valence electrons. The van der Waals surface area contributed by atoms with Crippen LogP contribution in [-0.2, 0) is 12.8 Å². The summed E-state index contributed by atoms with van der Waals surface area (Å²) in [6, 6.07) is 13.0. The number of aromatic nitrogens is 1. The highest BCUT2D eigenvalue weighted by molar-refractivity contribution is 6.09. The minimum atomic E-state index is 1.11. The molecule has 1 heterocycles. The highest BCUT2D eigenvalue weighted by Gasteiger charge is 2.17. The molecule has 4 rings (SSSR count). The van der Waals surface area contributed by atoms with Gasteiger partial charge in [-0.05, 0) is 36.6 Å². The fraction of sp³-hybridized carbons (Fsp3) is 0.316. The number of nitrogens with one attached hydrogen (secondary N) is 1.